The number of anilines is 1. The molecular formula is C17H15Cl3IN3O2S. The monoisotopic (exact) mass is 557 g/mol. The van der Waals surface area contributed by atoms with Crippen molar-refractivity contribution in [1.29, 1.82) is 0 Å². The van der Waals surface area contributed by atoms with Crippen LogP contribution in [0.2, 0.25) is 0 Å². The maximum absolute atomic E-state index is 12.1. The van der Waals surface area contributed by atoms with Gasteiger partial charge in [0.05, 0.1) is 5.69 Å². The topological polar surface area (TPSA) is 62.4 Å². The Hall–Kier alpha value is -1.000. The first-order valence-corrected chi connectivity index (χ1v) is 10.2. The summed E-state index contributed by atoms with van der Waals surface area (Å²) in [5.74, 6) is 0. The molecule has 0 fully saturated rings. The van der Waals surface area contributed by atoms with Crippen molar-refractivity contribution in [3.05, 3.63) is 63.7 Å². The number of para-hydroxylation sites is 1. The molecule has 0 aliphatic carbocycles. The summed E-state index contributed by atoms with van der Waals surface area (Å²) in [6.07, 6.45) is -1.85. The molecule has 0 saturated heterocycles. The van der Waals surface area contributed by atoms with Gasteiger partial charge in [-0.05, 0) is 52.5 Å². The molecule has 0 saturated carbocycles. The number of thiocarbonyl (C=S) groups is 1. The van der Waals surface area contributed by atoms with Crippen LogP contribution in [0.1, 0.15) is 5.56 Å². The van der Waals surface area contributed by atoms with Crippen LogP contribution in [0.5, 0.6) is 0 Å². The van der Waals surface area contributed by atoms with Gasteiger partial charge in [0.1, 0.15) is 6.61 Å². The molecule has 0 aliphatic rings. The lowest BCUT2D eigenvalue weighted by Gasteiger charge is -2.27. The van der Waals surface area contributed by atoms with Crippen molar-refractivity contribution in [2.24, 2.45) is 0 Å². The van der Waals surface area contributed by atoms with Gasteiger partial charge >= 0.3 is 6.09 Å². The fraction of sp³-hybridized carbons (Fsp3) is 0.176. The number of alkyl halides is 3. The zero-order chi connectivity index (χ0) is 19.9. The molecule has 2 aromatic rings. The highest BCUT2D eigenvalue weighted by molar-refractivity contribution is 14.1. The first-order valence-electron chi connectivity index (χ1n) is 7.61. The summed E-state index contributed by atoms with van der Waals surface area (Å²) in [5, 5.41) is 8.40. The number of carbonyl (C=O) groups is 1. The molecule has 5 nitrogen and oxygen atoms in total. The number of nitrogens with one attached hydrogen (secondary N) is 3. The Morgan fingerprint density at radius 1 is 1.07 bits per heavy atom. The molecule has 2 aromatic carbocycles. The van der Waals surface area contributed by atoms with Crippen LogP contribution in [0.3, 0.4) is 0 Å². The summed E-state index contributed by atoms with van der Waals surface area (Å²) in [5.41, 5.74) is 1.62. The molecule has 0 aromatic heterocycles. The van der Waals surface area contributed by atoms with E-state index in [1.165, 1.54) is 0 Å². The number of hydrogen-bond acceptors (Lipinski definition) is 3. The molecular weight excluding hydrogens is 544 g/mol. The number of alkyl carbamates (subject to hydrolysis) is 1. The van der Waals surface area contributed by atoms with Gasteiger partial charge in [0, 0.05) is 3.57 Å². The van der Waals surface area contributed by atoms with E-state index in [0.717, 1.165) is 14.8 Å². The van der Waals surface area contributed by atoms with Crippen molar-refractivity contribution in [1.82, 2.24) is 10.6 Å². The summed E-state index contributed by atoms with van der Waals surface area (Å²) in [6.45, 7) is 0.0875. The smallest absolute Gasteiger partial charge is 0.409 e. The molecule has 0 unspecified atom stereocenters. The molecule has 144 valence electrons. The van der Waals surface area contributed by atoms with Crippen molar-refractivity contribution >= 4 is 86.5 Å². The maximum Gasteiger partial charge on any atom is 0.409 e. The largest absolute Gasteiger partial charge is 0.445 e. The Bertz CT molecular complexity index is 790. The molecule has 10 heteroatoms. The van der Waals surface area contributed by atoms with E-state index in [2.05, 4.69) is 38.5 Å². The van der Waals surface area contributed by atoms with Crippen LogP contribution in [0.15, 0.2) is 54.6 Å². The lowest BCUT2D eigenvalue weighted by atomic mass is 10.2. The van der Waals surface area contributed by atoms with Crippen LogP contribution in [0.25, 0.3) is 0 Å². The van der Waals surface area contributed by atoms with Gasteiger partial charge in [-0.2, -0.15) is 0 Å². The predicted molar refractivity (Wildman–Crippen MR) is 122 cm³/mol. The Balaban J connectivity index is 1.93. The fourth-order valence-corrected chi connectivity index (χ4v) is 3.01. The normalized spacial score (nSPS) is 12.0. The average molecular weight is 559 g/mol. The molecule has 0 spiro atoms. The summed E-state index contributed by atoms with van der Waals surface area (Å²) in [7, 11) is 0. The van der Waals surface area contributed by atoms with Crippen molar-refractivity contribution in [2.75, 3.05) is 5.32 Å². The number of hydrogen-bond donors (Lipinski definition) is 3. The Morgan fingerprint density at radius 3 is 2.33 bits per heavy atom. The Labute approximate surface area is 191 Å². The second-order valence-corrected chi connectivity index (χ2v) is 9.20. The average Bonchev–Trinajstić information content (AvgIpc) is 2.61. The van der Waals surface area contributed by atoms with E-state index >= 15 is 0 Å². The van der Waals surface area contributed by atoms with Gasteiger partial charge in [-0.15, -0.1) is 0 Å². The number of rotatable bonds is 5. The van der Waals surface area contributed by atoms with Crippen LogP contribution in [0, 0.1) is 3.57 Å². The number of benzene rings is 2. The van der Waals surface area contributed by atoms with Crippen molar-refractivity contribution in [3.63, 3.8) is 0 Å². The third kappa shape index (κ3) is 7.87. The quantitative estimate of drug-likeness (QED) is 0.204. The third-order valence-corrected chi connectivity index (χ3v) is 5.02. The van der Waals surface area contributed by atoms with E-state index in [0.29, 0.717) is 0 Å². The van der Waals surface area contributed by atoms with E-state index < -0.39 is 16.1 Å². The van der Waals surface area contributed by atoms with Crippen molar-refractivity contribution < 1.29 is 9.53 Å². The number of ether oxygens (including phenoxy) is 1. The summed E-state index contributed by atoms with van der Waals surface area (Å²) in [6, 6.07) is 16.7. The molecule has 0 heterocycles. The van der Waals surface area contributed by atoms with E-state index in [1.54, 1.807) is 0 Å². The molecule has 1 atom stereocenters. The van der Waals surface area contributed by atoms with Gasteiger partial charge in [0.25, 0.3) is 0 Å². The van der Waals surface area contributed by atoms with Crippen LogP contribution >= 0.6 is 69.6 Å². The minimum Gasteiger partial charge on any atom is -0.445 e. The minimum absolute atomic E-state index is 0.0875. The minimum atomic E-state index is -1.86. The molecule has 2 rings (SSSR count). The highest BCUT2D eigenvalue weighted by atomic mass is 127. The molecule has 0 radical (unpaired) electrons. The summed E-state index contributed by atoms with van der Waals surface area (Å²) in [4.78, 5) is 12.1. The highest BCUT2D eigenvalue weighted by Gasteiger charge is 2.35. The second kappa shape index (κ2) is 10.5. The van der Waals surface area contributed by atoms with Crippen LogP contribution in [-0.2, 0) is 11.3 Å². The summed E-state index contributed by atoms with van der Waals surface area (Å²) < 4.78 is 4.24. The first kappa shape index (κ1) is 22.3. The van der Waals surface area contributed by atoms with Gasteiger partial charge in [-0.25, -0.2) is 4.79 Å². The number of amides is 1. The highest BCUT2D eigenvalue weighted by Crippen LogP contribution is 2.29. The van der Waals surface area contributed by atoms with Crippen LogP contribution in [0.4, 0.5) is 10.5 Å². The zero-order valence-corrected chi connectivity index (χ0v) is 19.0. The second-order valence-electron chi connectivity index (χ2n) is 5.26. The van der Waals surface area contributed by atoms with E-state index in [-0.39, 0.29) is 11.7 Å². The predicted octanol–water partition coefficient (Wildman–Crippen LogP) is 5.20. The molecule has 0 aliphatic heterocycles. The van der Waals surface area contributed by atoms with Gasteiger partial charge in [0.2, 0.25) is 3.79 Å². The van der Waals surface area contributed by atoms with Crippen molar-refractivity contribution in [3.8, 4) is 0 Å². The molecule has 1 amide bonds. The molecule has 0 bridgehead atoms. The van der Waals surface area contributed by atoms with Gasteiger partial charge < -0.3 is 15.4 Å². The molecule has 3 N–H and O–H groups in total. The maximum atomic E-state index is 12.1. The lowest BCUT2D eigenvalue weighted by molar-refractivity contribution is 0.135. The van der Waals surface area contributed by atoms with Crippen molar-refractivity contribution in [2.45, 2.75) is 16.6 Å². The van der Waals surface area contributed by atoms with Crippen LogP contribution < -0.4 is 16.0 Å². The summed E-state index contributed by atoms with van der Waals surface area (Å²) >= 11 is 25.2. The van der Waals surface area contributed by atoms with Crippen LogP contribution in [-0.4, -0.2) is 21.2 Å². The number of carbonyl (C=O) groups excluding carboxylic acids is 1. The van der Waals surface area contributed by atoms with E-state index in [4.69, 9.17) is 51.8 Å². The first-order chi connectivity index (χ1) is 12.8. The Morgan fingerprint density at radius 2 is 1.70 bits per heavy atom. The standard InChI is InChI=1S/C17H15Cl3IN3O2S/c18-17(19,20)14(23-15(27)22-13-9-5-4-8-12(13)21)24-16(25)26-10-11-6-2-1-3-7-11/h1-9,14H,10H2,(H,24,25)(H2,22,23,27)/t14-/m1/s1. The number of halogens is 4. The van der Waals surface area contributed by atoms with E-state index in [1.807, 2.05) is 54.6 Å². The van der Waals surface area contributed by atoms with Gasteiger partial charge in [-0.3, -0.25) is 5.32 Å². The molecule has 27 heavy (non-hydrogen) atoms. The van der Waals surface area contributed by atoms with Gasteiger partial charge in [0.15, 0.2) is 11.3 Å². The fourth-order valence-electron chi connectivity index (χ4n) is 1.93. The Kier molecular flexibility index (Phi) is 8.68. The SMILES string of the molecule is O=C(N[C@@H](NC(=S)Nc1ccccc1I)C(Cl)(Cl)Cl)OCc1ccccc1. The lowest BCUT2D eigenvalue weighted by Crippen LogP contribution is -2.56. The third-order valence-electron chi connectivity index (χ3n) is 3.20. The van der Waals surface area contributed by atoms with E-state index in [9.17, 15) is 4.79 Å². The zero-order valence-electron chi connectivity index (χ0n) is 13.7. The van der Waals surface area contributed by atoms with Gasteiger partial charge in [-0.1, -0.05) is 77.3 Å².